The van der Waals surface area contributed by atoms with Gasteiger partial charge in [-0.1, -0.05) is 20.8 Å². The Labute approximate surface area is 125 Å². The summed E-state index contributed by atoms with van der Waals surface area (Å²) >= 11 is 0. The minimum absolute atomic E-state index is 0.472. The standard InChI is InChI=1S/C17H34N2O/c1-17(2,3)15-7-5-14(6-8-15)16(13-18)19-9-4-11-20-12-10-19/h14-16H,4-13,18H2,1-3H3. The highest BCUT2D eigenvalue weighted by molar-refractivity contribution is 4.88. The van der Waals surface area contributed by atoms with Crippen LogP contribution in [0, 0.1) is 17.3 Å². The quantitative estimate of drug-likeness (QED) is 0.865. The lowest BCUT2D eigenvalue weighted by Crippen LogP contribution is -2.48. The van der Waals surface area contributed by atoms with Crippen LogP contribution in [0.25, 0.3) is 0 Å². The van der Waals surface area contributed by atoms with Gasteiger partial charge in [-0.3, -0.25) is 4.90 Å². The van der Waals surface area contributed by atoms with Gasteiger partial charge in [0.05, 0.1) is 6.61 Å². The summed E-state index contributed by atoms with van der Waals surface area (Å²) in [7, 11) is 0. The fraction of sp³-hybridized carbons (Fsp3) is 1.00. The van der Waals surface area contributed by atoms with Gasteiger partial charge in [0.1, 0.15) is 0 Å². The number of nitrogens with two attached hydrogens (primary N) is 1. The van der Waals surface area contributed by atoms with Crippen molar-refractivity contribution in [2.75, 3.05) is 32.8 Å². The number of hydrogen-bond donors (Lipinski definition) is 1. The molecule has 1 heterocycles. The number of rotatable bonds is 3. The van der Waals surface area contributed by atoms with Gasteiger partial charge in [-0.25, -0.2) is 0 Å². The molecule has 0 aromatic heterocycles. The Balaban J connectivity index is 1.89. The van der Waals surface area contributed by atoms with Gasteiger partial charge in [0.2, 0.25) is 0 Å². The molecule has 2 aliphatic rings. The summed E-state index contributed by atoms with van der Waals surface area (Å²) in [6.07, 6.45) is 6.65. The molecule has 0 spiro atoms. The van der Waals surface area contributed by atoms with Crippen molar-refractivity contribution < 1.29 is 4.74 Å². The van der Waals surface area contributed by atoms with Crippen LogP contribution in [0.15, 0.2) is 0 Å². The lowest BCUT2D eigenvalue weighted by molar-refractivity contribution is 0.0766. The van der Waals surface area contributed by atoms with E-state index in [1.54, 1.807) is 0 Å². The van der Waals surface area contributed by atoms with Crippen LogP contribution in [-0.4, -0.2) is 43.8 Å². The second-order valence-corrected chi connectivity index (χ2v) is 7.78. The Bertz CT molecular complexity index is 271. The fourth-order valence-corrected chi connectivity index (χ4v) is 4.11. The molecule has 0 aromatic rings. The molecule has 0 amide bonds. The number of ether oxygens (including phenoxy) is 1. The van der Waals surface area contributed by atoms with Crippen molar-refractivity contribution in [2.24, 2.45) is 23.0 Å². The maximum atomic E-state index is 6.12. The topological polar surface area (TPSA) is 38.5 Å². The predicted octanol–water partition coefficient (Wildman–Crippen LogP) is 2.89. The second-order valence-electron chi connectivity index (χ2n) is 7.78. The molecule has 2 fully saturated rings. The summed E-state index contributed by atoms with van der Waals surface area (Å²) in [6.45, 7) is 12.0. The van der Waals surface area contributed by atoms with Gasteiger partial charge in [-0.05, 0) is 49.4 Å². The molecule has 20 heavy (non-hydrogen) atoms. The van der Waals surface area contributed by atoms with Crippen LogP contribution in [0.4, 0.5) is 0 Å². The predicted molar refractivity (Wildman–Crippen MR) is 84.8 cm³/mol. The lowest BCUT2D eigenvalue weighted by Gasteiger charge is -2.42. The van der Waals surface area contributed by atoms with Crippen molar-refractivity contribution in [1.82, 2.24) is 4.90 Å². The van der Waals surface area contributed by atoms with Gasteiger partial charge in [-0.15, -0.1) is 0 Å². The first-order valence-electron chi connectivity index (χ1n) is 8.54. The Morgan fingerprint density at radius 2 is 1.80 bits per heavy atom. The zero-order valence-electron chi connectivity index (χ0n) is 13.7. The van der Waals surface area contributed by atoms with Gasteiger partial charge in [0, 0.05) is 32.3 Å². The highest BCUT2D eigenvalue weighted by atomic mass is 16.5. The first-order valence-corrected chi connectivity index (χ1v) is 8.54. The number of hydrogen-bond acceptors (Lipinski definition) is 3. The first-order chi connectivity index (χ1) is 9.52. The SMILES string of the molecule is CC(C)(C)C1CCC(C(CN)N2CCCOCC2)CC1. The molecule has 1 aliphatic carbocycles. The van der Waals surface area contributed by atoms with Crippen molar-refractivity contribution in [3.8, 4) is 0 Å². The molecule has 1 atom stereocenters. The Morgan fingerprint density at radius 3 is 2.40 bits per heavy atom. The minimum atomic E-state index is 0.472. The largest absolute Gasteiger partial charge is 0.380 e. The molecule has 3 nitrogen and oxygen atoms in total. The van der Waals surface area contributed by atoms with Gasteiger partial charge in [-0.2, -0.15) is 0 Å². The molecular weight excluding hydrogens is 248 g/mol. The van der Waals surface area contributed by atoms with Crippen molar-refractivity contribution in [3.05, 3.63) is 0 Å². The van der Waals surface area contributed by atoms with Crippen molar-refractivity contribution in [2.45, 2.75) is 58.9 Å². The Hall–Kier alpha value is -0.120. The zero-order valence-corrected chi connectivity index (χ0v) is 13.7. The third kappa shape index (κ3) is 4.19. The molecule has 3 heteroatoms. The highest BCUT2D eigenvalue weighted by Crippen LogP contribution is 2.41. The summed E-state index contributed by atoms with van der Waals surface area (Å²) in [5.41, 5.74) is 6.60. The van der Waals surface area contributed by atoms with E-state index >= 15 is 0 Å². The van der Waals surface area contributed by atoms with E-state index < -0.39 is 0 Å². The smallest absolute Gasteiger partial charge is 0.0593 e. The maximum Gasteiger partial charge on any atom is 0.0593 e. The monoisotopic (exact) mass is 282 g/mol. The van der Waals surface area contributed by atoms with Crippen LogP contribution in [0.3, 0.4) is 0 Å². The molecule has 0 bridgehead atoms. The second kappa shape index (κ2) is 7.24. The van der Waals surface area contributed by atoms with Gasteiger partial charge in [0.25, 0.3) is 0 Å². The van der Waals surface area contributed by atoms with Crippen molar-refractivity contribution in [3.63, 3.8) is 0 Å². The van der Waals surface area contributed by atoms with Crippen molar-refractivity contribution in [1.29, 1.82) is 0 Å². The van der Waals surface area contributed by atoms with Gasteiger partial charge < -0.3 is 10.5 Å². The van der Waals surface area contributed by atoms with Crippen LogP contribution >= 0.6 is 0 Å². The summed E-state index contributed by atoms with van der Waals surface area (Å²) in [4.78, 5) is 2.61. The summed E-state index contributed by atoms with van der Waals surface area (Å²) < 4.78 is 5.59. The van der Waals surface area contributed by atoms with Crippen LogP contribution in [0.2, 0.25) is 0 Å². The van der Waals surface area contributed by atoms with E-state index in [0.29, 0.717) is 11.5 Å². The molecule has 1 aliphatic heterocycles. The Kier molecular flexibility index (Phi) is 5.88. The number of nitrogens with zero attached hydrogens (tertiary/aromatic N) is 1. The minimum Gasteiger partial charge on any atom is -0.380 e. The molecule has 1 saturated carbocycles. The van der Waals surface area contributed by atoms with E-state index in [1.165, 1.54) is 32.2 Å². The molecule has 118 valence electrons. The third-order valence-electron chi connectivity index (χ3n) is 5.51. The van der Waals surface area contributed by atoms with E-state index in [1.807, 2.05) is 0 Å². The van der Waals surface area contributed by atoms with E-state index in [4.69, 9.17) is 10.5 Å². The summed E-state index contributed by atoms with van der Waals surface area (Å²) in [6, 6.07) is 0.581. The van der Waals surface area contributed by atoms with Crippen LogP contribution in [0.5, 0.6) is 0 Å². The fourth-order valence-electron chi connectivity index (χ4n) is 4.11. The van der Waals surface area contributed by atoms with E-state index in [0.717, 1.165) is 44.6 Å². The lowest BCUT2D eigenvalue weighted by atomic mass is 9.68. The normalized spacial score (nSPS) is 31.8. The van der Waals surface area contributed by atoms with Crippen LogP contribution < -0.4 is 5.73 Å². The maximum absolute atomic E-state index is 6.12. The summed E-state index contributed by atoms with van der Waals surface area (Å²) in [5, 5.41) is 0. The molecule has 0 aromatic carbocycles. The van der Waals surface area contributed by atoms with Crippen LogP contribution in [-0.2, 0) is 4.74 Å². The average Bonchev–Trinajstić information content (AvgIpc) is 2.68. The third-order valence-corrected chi connectivity index (χ3v) is 5.51. The van der Waals surface area contributed by atoms with E-state index in [-0.39, 0.29) is 0 Å². The zero-order chi connectivity index (χ0) is 14.6. The highest BCUT2D eigenvalue weighted by Gasteiger charge is 2.34. The Morgan fingerprint density at radius 1 is 1.10 bits per heavy atom. The average molecular weight is 282 g/mol. The molecule has 1 unspecified atom stereocenters. The van der Waals surface area contributed by atoms with E-state index in [9.17, 15) is 0 Å². The first kappa shape index (κ1) is 16.3. The molecule has 1 saturated heterocycles. The molecule has 0 radical (unpaired) electrons. The van der Waals surface area contributed by atoms with Crippen LogP contribution in [0.1, 0.15) is 52.9 Å². The van der Waals surface area contributed by atoms with Crippen molar-refractivity contribution >= 4 is 0 Å². The summed E-state index contributed by atoms with van der Waals surface area (Å²) in [5.74, 6) is 1.70. The van der Waals surface area contributed by atoms with Gasteiger partial charge in [0.15, 0.2) is 0 Å². The van der Waals surface area contributed by atoms with Gasteiger partial charge >= 0.3 is 0 Å². The molecular formula is C17H34N2O. The molecule has 2 N–H and O–H groups in total. The molecule has 2 rings (SSSR count). The van der Waals surface area contributed by atoms with E-state index in [2.05, 4.69) is 25.7 Å².